The first-order chi connectivity index (χ1) is 14.1. The van der Waals surface area contributed by atoms with E-state index in [1.807, 2.05) is 28.3 Å². The van der Waals surface area contributed by atoms with Crippen LogP contribution >= 0.6 is 11.3 Å². The van der Waals surface area contributed by atoms with Gasteiger partial charge in [-0.25, -0.2) is 4.98 Å². The SMILES string of the molecule is CC(C)CN1CCc2c(c(C(=O)NCc3nccs3)nn2Cc2ccccc2)C1. The number of nitrogens with zero attached hydrogens (tertiary/aromatic N) is 4. The molecule has 1 aromatic carbocycles. The van der Waals surface area contributed by atoms with Gasteiger partial charge in [-0.05, 0) is 11.5 Å². The van der Waals surface area contributed by atoms with E-state index < -0.39 is 0 Å². The molecule has 1 aliphatic rings. The molecule has 0 saturated heterocycles. The van der Waals surface area contributed by atoms with Gasteiger partial charge in [0.15, 0.2) is 5.69 Å². The monoisotopic (exact) mass is 409 g/mol. The van der Waals surface area contributed by atoms with Crippen molar-refractivity contribution in [1.82, 2.24) is 25.0 Å². The maximum absolute atomic E-state index is 13.0. The average molecular weight is 410 g/mol. The molecule has 152 valence electrons. The first-order valence-corrected chi connectivity index (χ1v) is 11.0. The molecule has 2 aromatic heterocycles. The Labute approximate surface area is 175 Å². The molecule has 6 nitrogen and oxygen atoms in total. The van der Waals surface area contributed by atoms with E-state index in [9.17, 15) is 4.79 Å². The molecule has 0 spiro atoms. The average Bonchev–Trinajstić information content (AvgIpc) is 3.35. The van der Waals surface area contributed by atoms with E-state index in [4.69, 9.17) is 5.10 Å². The standard InChI is InChI=1S/C22H27N5OS/c1-16(2)13-26-10-8-19-18(15-26)21(22(28)24-12-20-23-9-11-29-20)25-27(19)14-17-6-4-3-5-7-17/h3-7,9,11,16H,8,10,12-15H2,1-2H3,(H,24,28). The summed E-state index contributed by atoms with van der Waals surface area (Å²) >= 11 is 1.54. The van der Waals surface area contributed by atoms with Gasteiger partial charge in [0.05, 0.1) is 13.1 Å². The van der Waals surface area contributed by atoms with Crippen LogP contribution < -0.4 is 5.32 Å². The Morgan fingerprint density at radius 2 is 2.10 bits per heavy atom. The second-order valence-corrected chi connectivity index (χ2v) is 8.88. The van der Waals surface area contributed by atoms with Crippen LogP contribution in [0.15, 0.2) is 41.9 Å². The number of benzene rings is 1. The van der Waals surface area contributed by atoms with Crippen LogP contribution in [-0.4, -0.2) is 38.7 Å². The van der Waals surface area contributed by atoms with Crippen molar-refractivity contribution in [2.45, 2.75) is 39.9 Å². The summed E-state index contributed by atoms with van der Waals surface area (Å²) in [6.07, 6.45) is 2.67. The van der Waals surface area contributed by atoms with Crippen LogP contribution in [0.5, 0.6) is 0 Å². The van der Waals surface area contributed by atoms with E-state index in [0.717, 1.165) is 36.6 Å². The van der Waals surface area contributed by atoms with E-state index in [1.165, 1.54) is 11.3 Å². The number of thiazole rings is 1. The topological polar surface area (TPSA) is 63.1 Å². The largest absolute Gasteiger partial charge is 0.344 e. The minimum Gasteiger partial charge on any atom is -0.344 e. The lowest BCUT2D eigenvalue weighted by atomic mass is 10.0. The number of rotatable bonds is 7. The van der Waals surface area contributed by atoms with E-state index in [2.05, 4.69) is 41.2 Å². The van der Waals surface area contributed by atoms with Gasteiger partial charge in [-0.1, -0.05) is 44.2 Å². The quantitative estimate of drug-likeness (QED) is 0.650. The Morgan fingerprint density at radius 3 is 2.83 bits per heavy atom. The number of carbonyl (C=O) groups is 1. The number of fused-ring (bicyclic) bond motifs is 1. The molecule has 0 saturated carbocycles. The Bertz CT molecular complexity index is 949. The Morgan fingerprint density at radius 1 is 1.28 bits per heavy atom. The fraction of sp³-hybridized carbons (Fsp3) is 0.409. The van der Waals surface area contributed by atoms with E-state index >= 15 is 0 Å². The summed E-state index contributed by atoms with van der Waals surface area (Å²) in [5.74, 6) is 0.479. The lowest BCUT2D eigenvalue weighted by Crippen LogP contribution is -2.35. The van der Waals surface area contributed by atoms with Crippen molar-refractivity contribution in [2.75, 3.05) is 13.1 Å². The molecule has 7 heteroatoms. The highest BCUT2D eigenvalue weighted by Gasteiger charge is 2.28. The van der Waals surface area contributed by atoms with Crippen LogP contribution in [0.1, 0.15) is 46.2 Å². The zero-order chi connectivity index (χ0) is 20.2. The smallest absolute Gasteiger partial charge is 0.272 e. The lowest BCUT2D eigenvalue weighted by molar-refractivity contribution is 0.0942. The number of aromatic nitrogens is 3. The number of hydrogen-bond donors (Lipinski definition) is 1. The van der Waals surface area contributed by atoms with Gasteiger partial charge in [-0.15, -0.1) is 11.3 Å². The van der Waals surface area contributed by atoms with E-state index in [-0.39, 0.29) is 5.91 Å². The summed E-state index contributed by atoms with van der Waals surface area (Å²) in [7, 11) is 0. The van der Waals surface area contributed by atoms with Gasteiger partial charge < -0.3 is 5.32 Å². The molecule has 3 aromatic rings. The van der Waals surface area contributed by atoms with Gasteiger partial charge in [0.2, 0.25) is 0 Å². The van der Waals surface area contributed by atoms with Crippen molar-refractivity contribution in [3.63, 3.8) is 0 Å². The maximum Gasteiger partial charge on any atom is 0.272 e. The molecule has 29 heavy (non-hydrogen) atoms. The minimum atomic E-state index is -0.116. The Hall–Kier alpha value is -2.51. The molecule has 1 aliphatic heterocycles. The highest BCUT2D eigenvalue weighted by Crippen LogP contribution is 2.24. The maximum atomic E-state index is 13.0. The number of amides is 1. The van der Waals surface area contributed by atoms with Gasteiger partial charge in [0.25, 0.3) is 5.91 Å². The summed E-state index contributed by atoms with van der Waals surface area (Å²) in [6.45, 7) is 8.41. The molecular weight excluding hydrogens is 382 g/mol. The van der Waals surface area contributed by atoms with Crippen LogP contribution in [-0.2, 0) is 26.1 Å². The fourth-order valence-corrected chi connectivity index (χ4v) is 4.42. The second kappa shape index (κ2) is 8.88. The normalized spacial score (nSPS) is 14.2. The van der Waals surface area contributed by atoms with Crippen molar-refractivity contribution in [3.05, 3.63) is 69.4 Å². The summed E-state index contributed by atoms with van der Waals surface area (Å²) in [5.41, 5.74) is 4.01. The zero-order valence-corrected chi connectivity index (χ0v) is 17.8. The van der Waals surface area contributed by atoms with Crippen molar-refractivity contribution in [2.24, 2.45) is 5.92 Å². The van der Waals surface area contributed by atoms with Gasteiger partial charge in [0.1, 0.15) is 5.01 Å². The second-order valence-electron chi connectivity index (χ2n) is 7.90. The molecular formula is C22H27N5OS. The van der Waals surface area contributed by atoms with Gasteiger partial charge in [0, 0.05) is 48.9 Å². The van der Waals surface area contributed by atoms with E-state index in [0.29, 0.717) is 24.7 Å². The summed E-state index contributed by atoms with van der Waals surface area (Å²) in [4.78, 5) is 19.7. The zero-order valence-electron chi connectivity index (χ0n) is 17.0. The fourth-order valence-electron chi connectivity index (χ4n) is 3.87. The van der Waals surface area contributed by atoms with Gasteiger partial charge >= 0.3 is 0 Å². The van der Waals surface area contributed by atoms with Crippen LogP contribution in [0.2, 0.25) is 0 Å². The van der Waals surface area contributed by atoms with Gasteiger partial charge in [-0.3, -0.25) is 14.4 Å². The third-order valence-corrected chi connectivity index (χ3v) is 5.89. The minimum absolute atomic E-state index is 0.116. The first kappa shape index (κ1) is 19.8. The highest BCUT2D eigenvalue weighted by atomic mass is 32.1. The lowest BCUT2D eigenvalue weighted by Gasteiger charge is -2.29. The molecule has 0 radical (unpaired) electrons. The number of carbonyl (C=O) groups excluding carboxylic acids is 1. The van der Waals surface area contributed by atoms with Crippen molar-refractivity contribution >= 4 is 17.2 Å². The molecule has 1 N–H and O–H groups in total. The molecule has 4 rings (SSSR count). The van der Waals surface area contributed by atoms with Crippen LogP contribution in [0.4, 0.5) is 0 Å². The third-order valence-electron chi connectivity index (χ3n) is 5.11. The Balaban J connectivity index is 1.59. The van der Waals surface area contributed by atoms with Crippen molar-refractivity contribution in [3.8, 4) is 0 Å². The van der Waals surface area contributed by atoms with Crippen LogP contribution in [0.25, 0.3) is 0 Å². The number of nitrogens with one attached hydrogen (secondary N) is 1. The highest BCUT2D eigenvalue weighted by molar-refractivity contribution is 7.09. The molecule has 0 bridgehead atoms. The third kappa shape index (κ3) is 4.74. The molecule has 0 aliphatic carbocycles. The molecule has 0 atom stereocenters. The summed E-state index contributed by atoms with van der Waals surface area (Å²) in [5, 5.41) is 10.6. The van der Waals surface area contributed by atoms with Gasteiger partial charge in [-0.2, -0.15) is 5.10 Å². The van der Waals surface area contributed by atoms with Crippen molar-refractivity contribution in [1.29, 1.82) is 0 Å². The first-order valence-electron chi connectivity index (χ1n) is 10.1. The predicted molar refractivity (Wildman–Crippen MR) is 115 cm³/mol. The number of hydrogen-bond acceptors (Lipinski definition) is 5. The molecule has 0 fully saturated rings. The molecule has 0 unspecified atom stereocenters. The van der Waals surface area contributed by atoms with Crippen LogP contribution in [0.3, 0.4) is 0 Å². The van der Waals surface area contributed by atoms with E-state index in [1.54, 1.807) is 17.5 Å². The Kier molecular flexibility index (Phi) is 6.06. The summed E-state index contributed by atoms with van der Waals surface area (Å²) < 4.78 is 2.02. The predicted octanol–water partition coefficient (Wildman–Crippen LogP) is 3.33. The van der Waals surface area contributed by atoms with Crippen molar-refractivity contribution < 1.29 is 4.79 Å². The molecule has 1 amide bonds. The van der Waals surface area contributed by atoms with Crippen LogP contribution in [0, 0.1) is 5.92 Å². The molecule has 3 heterocycles. The summed E-state index contributed by atoms with van der Waals surface area (Å²) in [6, 6.07) is 10.3.